The normalized spacial score (nSPS) is 15.1. The Bertz CT molecular complexity index is 129. The predicted molar refractivity (Wildman–Crippen MR) is 55.6 cm³/mol. The van der Waals surface area contributed by atoms with Gasteiger partial charge in [-0.3, -0.25) is 0 Å². The Kier molecular flexibility index (Phi) is 5.78. The minimum Gasteiger partial charge on any atom is -0.374 e. The maximum atomic E-state index is 2.31. The van der Waals surface area contributed by atoms with Gasteiger partial charge in [-0.1, -0.05) is 19.1 Å². The van der Waals surface area contributed by atoms with Crippen LogP contribution < -0.4 is 0 Å². The van der Waals surface area contributed by atoms with E-state index in [1.807, 2.05) is 0 Å². The van der Waals surface area contributed by atoms with Crippen LogP contribution in [0.1, 0.15) is 13.3 Å². The van der Waals surface area contributed by atoms with Crippen LogP contribution in [-0.4, -0.2) is 18.0 Å². The second kappa shape index (κ2) is 5.77. The molecule has 1 aliphatic rings. The van der Waals surface area contributed by atoms with Crippen molar-refractivity contribution in [1.82, 2.24) is 4.90 Å². The molecule has 0 amide bonds. The van der Waals surface area contributed by atoms with E-state index in [4.69, 9.17) is 0 Å². The highest BCUT2D eigenvalue weighted by Crippen LogP contribution is 1.98. The quantitative estimate of drug-likeness (QED) is 0.681. The van der Waals surface area contributed by atoms with Gasteiger partial charge >= 0.3 is 0 Å². The minimum atomic E-state index is 0. The van der Waals surface area contributed by atoms with E-state index in [0.29, 0.717) is 0 Å². The summed E-state index contributed by atoms with van der Waals surface area (Å²) in [7, 11) is 0. The molecule has 0 aromatic carbocycles. The van der Waals surface area contributed by atoms with Crippen molar-refractivity contribution in [3.8, 4) is 0 Å². The monoisotopic (exact) mass is 251 g/mol. The summed E-state index contributed by atoms with van der Waals surface area (Å²) in [4.78, 5) is 2.31. The van der Waals surface area contributed by atoms with Gasteiger partial charge in [0.2, 0.25) is 0 Å². The van der Waals surface area contributed by atoms with Crippen molar-refractivity contribution < 1.29 is 0 Å². The zero-order chi connectivity index (χ0) is 6.53. The molecule has 2 heteroatoms. The van der Waals surface area contributed by atoms with Crippen molar-refractivity contribution in [2.24, 2.45) is 0 Å². The fraction of sp³-hybridized carbons (Fsp3) is 0.500. The largest absolute Gasteiger partial charge is 0.374 e. The van der Waals surface area contributed by atoms with Gasteiger partial charge in [0.25, 0.3) is 0 Å². The highest BCUT2D eigenvalue weighted by atomic mass is 127. The Morgan fingerprint density at radius 2 is 2.20 bits per heavy atom. The Morgan fingerprint density at radius 3 is 2.70 bits per heavy atom. The first-order valence-corrected chi connectivity index (χ1v) is 3.51. The molecule has 0 radical (unpaired) electrons. The van der Waals surface area contributed by atoms with Gasteiger partial charge in [-0.05, 0) is 18.7 Å². The second-order valence-electron chi connectivity index (χ2n) is 2.26. The average molecular weight is 251 g/mol. The van der Waals surface area contributed by atoms with Crippen LogP contribution in [-0.2, 0) is 0 Å². The van der Waals surface area contributed by atoms with Gasteiger partial charge < -0.3 is 4.90 Å². The van der Waals surface area contributed by atoms with Crippen molar-refractivity contribution in [3.05, 3.63) is 24.4 Å². The third-order valence-corrected chi connectivity index (χ3v) is 1.39. The lowest BCUT2D eigenvalue weighted by Gasteiger charge is -2.18. The van der Waals surface area contributed by atoms with Crippen molar-refractivity contribution in [1.29, 1.82) is 0 Å². The smallest absolute Gasteiger partial charge is 0.0357 e. The molecular formula is C8H14IN. The third-order valence-electron chi connectivity index (χ3n) is 1.39. The first kappa shape index (κ1) is 10.0. The second-order valence-corrected chi connectivity index (χ2v) is 2.26. The Morgan fingerprint density at radius 1 is 1.40 bits per heavy atom. The van der Waals surface area contributed by atoms with E-state index in [9.17, 15) is 0 Å². The van der Waals surface area contributed by atoms with E-state index in [2.05, 4.69) is 36.3 Å². The lowest BCUT2D eigenvalue weighted by Crippen LogP contribution is -2.19. The van der Waals surface area contributed by atoms with Gasteiger partial charge in [0.1, 0.15) is 0 Å². The first-order valence-electron chi connectivity index (χ1n) is 3.51. The van der Waals surface area contributed by atoms with Crippen molar-refractivity contribution >= 4 is 24.0 Å². The lowest BCUT2D eigenvalue weighted by atomic mass is 10.3. The molecule has 0 aromatic heterocycles. The first-order chi connectivity index (χ1) is 4.43. The van der Waals surface area contributed by atoms with E-state index >= 15 is 0 Å². The molecule has 0 fully saturated rings. The molecule has 0 aliphatic carbocycles. The molecule has 0 N–H and O–H groups in total. The number of allylic oxidation sites excluding steroid dienone is 2. The molecule has 0 saturated heterocycles. The van der Waals surface area contributed by atoms with E-state index in [1.54, 1.807) is 0 Å². The molecule has 0 saturated carbocycles. The average Bonchev–Trinajstić information content (AvgIpc) is 1.91. The van der Waals surface area contributed by atoms with E-state index in [1.165, 1.54) is 13.0 Å². The zero-order valence-corrected chi connectivity index (χ0v) is 8.62. The highest BCUT2D eigenvalue weighted by molar-refractivity contribution is 14.0. The van der Waals surface area contributed by atoms with Gasteiger partial charge in [-0.2, -0.15) is 0 Å². The van der Waals surface area contributed by atoms with Crippen LogP contribution >= 0.6 is 24.0 Å². The van der Waals surface area contributed by atoms with Crippen LogP contribution in [0.2, 0.25) is 0 Å². The van der Waals surface area contributed by atoms with Gasteiger partial charge in [0.05, 0.1) is 0 Å². The molecule has 1 aliphatic heterocycles. The molecule has 0 aromatic rings. The summed E-state index contributed by atoms with van der Waals surface area (Å²) < 4.78 is 0. The van der Waals surface area contributed by atoms with Crippen LogP contribution in [0.15, 0.2) is 24.4 Å². The molecule has 0 bridgehead atoms. The lowest BCUT2D eigenvalue weighted by molar-refractivity contribution is 0.411. The third kappa shape index (κ3) is 3.25. The summed E-state index contributed by atoms with van der Waals surface area (Å²) in [6.07, 6.45) is 9.72. The SMILES string of the molecule is CCCN1C=CC=CC1.I. The summed E-state index contributed by atoms with van der Waals surface area (Å²) in [6.45, 7) is 4.47. The zero-order valence-electron chi connectivity index (χ0n) is 6.29. The molecule has 0 unspecified atom stereocenters. The van der Waals surface area contributed by atoms with Crippen LogP contribution in [0.5, 0.6) is 0 Å². The number of rotatable bonds is 2. The van der Waals surface area contributed by atoms with Crippen molar-refractivity contribution in [3.63, 3.8) is 0 Å². The van der Waals surface area contributed by atoms with Crippen LogP contribution in [0.3, 0.4) is 0 Å². The van der Waals surface area contributed by atoms with Gasteiger partial charge in [0, 0.05) is 13.1 Å². The molecule has 1 heterocycles. The molecule has 1 rings (SSSR count). The summed E-state index contributed by atoms with van der Waals surface area (Å²) in [5.74, 6) is 0. The number of hydrogen-bond acceptors (Lipinski definition) is 1. The molecule has 0 atom stereocenters. The van der Waals surface area contributed by atoms with Crippen LogP contribution in [0, 0.1) is 0 Å². The summed E-state index contributed by atoms with van der Waals surface area (Å²) in [5, 5.41) is 0. The number of nitrogens with zero attached hydrogens (tertiary/aromatic N) is 1. The number of hydrogen-bond donors (Lipinski definition) is 0. The molecule has 0 spiro atoms. The topological polar surface area (TPSA) is 3.24 Å². The standard InChI is InChI=1S/C8H13N.HI/c1-2-6-9-7-4-3-5-8-9;/h3-5,7H,2,6,8H2,1H3;1H. The fourth-order valence-corrected chi connectivity index (χ4v) is 0.960. The number of halogens is 1. The fourth-order valence-electron chi connectivity index (χ4n) is 0.960. The van der Waals surface area contributed by atoms with Gasteiger partial charge in [-0.15, -0.1) is 24.0 Å². The Labute approximate surface area is 79.8 Å². The van der Waals surface area contributed by atoms with E-state index in [0.717, 1.165) is 6.54 Å². The van der Waals surface area contributed by atoms with Crippen molar-refractivity contribution in [2.75, 3.05) is 13.1 Å². The maximum absolute atomic E-state index is 2.31. The van der Waals surface area contributed by atoms with Crippen LogP contribution in [0.25, 0.3) is 0 Å². The molecule has 10 heavy (non-hydrogen) atoms. The minimum absolute atomic E-state index is 0. The van der Waals surface area contributed by atoms with E-state index in [-0.39, 0.29) is 24.0 Å². The predicted octanol–water partition coefficient (Wildman–Crippen LogP) is 2.40. The molecule has 1 nitrogen and oxygen atoms in total. The van der Waals surface area contributed by atoms with E-state index < -0.39 is 0 Å². The molecular weight excluding hydrogens is 237 g/mol. The Hall–Kier alpha value is 0.01000. The van der Waals surface area contributed by atoms with Gasteiger partial charge in [0.15, 0.2) is 0 Å². The Balaban J connectivity index is 0.000000810. The summed E-state index contributed by atoms with van der Waals surface area (Å²) in [6, 6.07) is 0. The maximum Gasteiger partial charge on any atom is 0.0357 e. The highest BCUT2D eigenvalue weighted by Gasteiger charge is 1.94. The summed E-state index contributed by atoms with van der Waals surface area (Å²) >= 11 is 0. The van der Waals surface area contributed by atoms with Crippen LogP contribution in [0.4, 0.5) is 0 Å². The van der Waals surface area contributed by atoms with Crippen molar-refractivity contribution in [2.45, 2.75) is 13.3 Å². The molecule has 58 valence electrons. The van der Waals surface area contributed by atoms with Gasteiger partial charge in [-0.25, -0.2) is 0 Å². The summed E-state index contributed by atoms with van der Waals surface area (Å²) in [5.41, 5.74) is 0.